The molecule has 2 N–H and O–H groups in total. The summed E-state index contributed by atoms with van der Waals surface area (Å²) in [5, 5.41) is 0. The maximum Gasteiger partial charge on any atom is 0.226 e. The van der Waals surface area contributed by atoms with Gasteiger partial charge >= 0.3 is 0 Å². The SMILES string of the molecule is CC1C(N)CCCC1C(=O)N1CCC(N(C)C)C1. The van der Waals surface area contributed by atoms with E-state index in [9.17, 15) is 4.79 Å². The number of likely N-dealkylation sites (N-methyl/N-ethyl adjacent to an activating group) is 1. The Morgan fingerprint density at radius 1 is 1.28 bits per heavy atom. The Hall–Kier alpha value is -0.610. The number of nitrogens with zero attached hydrogens (tertiary/aromatic N) is 2. The van der Waals surface area contributed by atoms with E-state index in [4.69, 9.17) is 5.73 Å². The predicted molar refractivity (Wildman–Crippen MR) is 73.2 cm³/mol. The Morgan fingerprint density at radius 2 is 2.00 bits per heavy atom. The Morgan fingerprint density at radius 3 is 2.61 bits per heavy atom. The van der Waals surface area contributed by atoms with Crippen LogP contribution in [0.1, 0.15) is 32.6 Å². The van der Waals surface area contributed by atoms with Gasteiger partial charge in [-0.15, -0.1) is 0 Å². The van der Waals surface area contributed by atoms with Crippen molar-refractivity contribution in [2.45, 2.75) is 44.7 Å². The third-order valence-corrected chi connectivity index (χ3v) is 4.89. The van der Waals surface area contributed by atoms with Gasteiger partial charge in [0.15, 0.2) is 0 Å². The minimum atomic E-state index is 0.162. The van der Waals surface area contributed by atoms with Gasteiger partial charge in [-0.3, -0.25) is 4.79 Å². The minimum Gasteiger partial charge on any atom is -0.341 e. The van der Waals surface area contributed by atoms with Gasteiger partial charge < -0.3 is 15.5 Å². The van der Waals surface area contributed by atoms with Gasteiger partial charge in [0.1, 0.15) is 0 Å². The summed E-state index contributed by atoms with van der Waals surface area (Å²) in [4.78, 5) is 16.9. The lowest BCUT2D eigenvalue weighted by Crippen LogP contribution is -2.46. The van der Waals surface area contributed by atoms with Crippen LogP contribution in [0.25, 0.3) is 0 Å². The molecule has 0 radical (unpaired) electrons. The first-order chi connectivity index (χ1) is 8.50. The lowest BCUT2D eigenvalue weighted by Gasteiger charge is -2.35. The summed E-state index contributed by atoms with van der Waals surface area (Å²) in [5.74, 6) is 0.848. The zero-order valence-corrected chi connectivity index (χ0v) is 11.9. The van der Waals surface area contributed by atoms with Crippen LogP contribution in [0.15, 0.2) is 0 Å². The number of carbonyl (C=O) groups is 1. The van der Waals surface area contributed by atoms with Crippen LogP contribution in [-0.2, 0) is 4.79 Å². The molecule has 0 aromatic heterocycles. The molecule has 1 saturated heterocycles. The molecule has 4 unspecified atom stereocenters. The van der Waals surface area contributed by atoms with Crippen LogP contribution in [0.2, 0.25) is 0 Å². The molecule has 1 aliphatic carbocycles. The number of hydrogen-bond donors (Lipinski definition) is 1. The van der Waals surface area contributed by atoms with Gasteiger partial charge in [0, 0.05) is 31.1 Å². The molecule has 18 heavy (non-hydrogen) atoms. The van der Waals surface area contributed by atoms with Gasteiger partial charge in [-0.1, -0.05) is 13.3 Å². The highest BCUT2D eigenvalue weighted by molar-refractivity contribution is 5.79. The Kier molecular flexibility index (Phi) is 4.28. The molecule has 2 rings (SSSR count). The second-order valence-electron chi connectivity index (χ2n) is 6.25. The summed E-state index contributed by atoms with van der Waals surface area (Å²) in [6.07, 6.45) is 4.31. The fourth-order valence-corrected chi connectivity index (χ4v) is 3.34. The number of amides is 1. The number of nitrogens with two attached hydrogens (primary N) is 1. The fraction of sp³-hybridized carbons (Fsp3) is 0.929. The second-order valence-corrected chi connectivity index (χ2v) is 6.25. The molecule has 0 aromatic carbocycles. The van der Waals surface area contributed by atoms with E-state index in [1.165, 1.54) is 0 Å². The Balaban J connectivity index is 1.95. The smallest absolute Gasteiger partial charge is 0.226 e. The van der Waals surface area contributed by atoms with Crippen LogP contribution in [0, 0.1) is 11.8 Å². The van der Waals surface area contributed by atoms with Crippen molar-refractivity contribution in [1.82, 2.24) is 9.80 Å². The van der Waals surface area contributed by atoms with Crippen molar-refractivity contribution in [3.8, 4) is 0 Å². The van der Waals surface area contributed by atoms with Crippen molar-refractivity contribution in [2.24, 2.45) is 17.6 Å². The van der Waals surface area contributed by atoms with Crippen molar-refractivity contribution < 1.29 is 4.79 Å². The monoisotopic (exact) mass is 253 g/mol. The molecule has 2 aliphatic rings. The number of hydrogen-bond acceptors (Lipinski definition) is 3. The van der Waals surface area contributed by atoms with Crippen molar-refractivity contribution in [1.29, 1.82) is 0 Å². The first-order valence-corrected chi connectivity index (χ1v) is 7.21. The van der Waals surface area contributed by atoms with Gasteiger partial charge in [-0.05, 0) is 39.3 Å². The molecule has 4 atom stereocenters. The molecular weight excluding hydrogens is 226 g/mol. The molecule has 0 spiro atoms. The quantitative estimate of drug-likeness (QED) is 0.796. The summed E-state index contributed by atoms with van der Waals surface area (Å²) in [6, 6.07) is 0.737. The van der Waals surface area contributed by atoms with E-state index < -0.39 is 0 Å². The predicted octanol–water partition coefficient (Wildman–Crippen LogP) is 0.912. The van der Waals surface area contributed by atoms with E-state index in [1.54, 1.807) is 0 Å². The molecule has 1 heterocycles. The van der Waals surface area contributed by atoms with Gasteiger partial charge in [0.25, 0.3) is 0 Å². The molecule has 4 heteroatoms. The van der Waals surface area contributed by atoms with Crippen molar-refractivity contribution in [2.75, 3.05) is 27.2 Å². The zero-order chi connectivity index (χ0) is 13.3. The van der Waals surface area contributed by atoms with Gasteiger partial charge in [-0.2, -0.15) is 0 Å². The Labute approximate surface area is 110 Å². The summed E-state index contributed by atoms with van der Waals surface area (Å²) in [7, 11) is 4.19. The van der Waals surface area contributed by atoms with Crippen LogP contribution in [0.4, 0.5) is 0 Å². The normalized spacial score (nSPS) is 37.3. The fourth-order valence-electron chi connectivity index (χ4n) is 3.34. The molecule has 0 aromatic rings. The van der Waals surface area contributed by atoms with Crippen molar-refractivity contribution in [3.05, 3.63) is 0 Å². The van der Waals surface area contributed by atoms with Crippen LogP contribution >= 0.6 is 0 Å². The van der Waals surface area contributed by atoms with Crippen LogP contribution < -0.4 is 5.73 Å². The minimum absolute atomic E-state index is 0.162. The van der Waals surface area contributed by atoms with Gasteiger partial charge in [0.05, 0.1) is 0 Å². The third kappa shape index (κ3) is 2.69. The van der Waals surface area contributed by atoms with E-state index in [2.05, 4.69) is 30.8 Å². The lowest BCUT2D eigenvalue weighted by molar-refractivity contribution is -0.137. The first-order valence-electron chi connectivity index (χ1n) is 7.21. The summed E-state index contributed by atoms with van der Waals surface area (Å²) in [5.41, 5.74) is 6.10. The molecule has 104 valence electrons. The highest BCUT2D eigenvalue weighted by Gasteiger charge is 2.37. The lowest BCUT2D eigenvalue weighted by atomic mass is 9.76. The van der Waals surface area contributed by atoms with Gasteiger partial charge in [-0.25, -0.2) is 0 Å². The largest absolute Gasteiger partial charge is 0.341 e. The average molecular weight is 253 g/mol. The van der Waals surface area contributed by atoms with E-state index in [0.29, 0.717) is 17.9 Å². The molecule has 1 amide bonds. The Bertz CT molecular complexity index is 305. The standard InChI is InChI=1S/C14H27N3O/c1-10-12(5-4-6-13(10)15)14(18)17-8-7-11(9-17)16(2)3/h10-13H,4-9,15H2,1-3H3. The number of likely N-dealkylation sites (tertiary alicyclic amines) is 1. The van der Waals surface area contributed by atoms with Crippen molar-refractivity contribution >= 4 is 5.91 Å². The highest BCUT2D eigenvalue weighted by atomic mass is 16.2. The highest BCUT2D eigenvalue weighted by Crippen LogP contribution is 2.31. The maximum absolute atomic E-state index is 12.6. The first kappa shape index (κ1) is 13.8. The zero-order valence-electron chi connectivity index (χ0n) is 11.9. The molecule has 1 saturated carbocycles. The molecule has 0 bridgehead atoms. The maximum atomic E-state index is 12.6. The third-order valence-electron chi connectivity index (χ3n) is 4.89. The second kappa shape index (κ2) is 5.57. The topological polar surface area (TPSA) is 49.6 Å². The van der Waals surface area contributed by atoms with E-state index >= 15 is 0 Å². The van der Waals surface area contributed by atoms with E-state index in [1.807, 2.05) is 0 Å². The summed E-state index contributed by atoms with van der Waals surface area (Å²) in [6.45, 7) is 3.95. The summed E-state index contributed by atoms with van der Waals surface area (Å²) < 4.78 is 0. The van der Waals surface area contributed by atoms with Crippen LogP contribution in [-0.4, -0.2) is 55.0 Å². The van der Waals surface area contributed by atoms with Crippen LogP contribution in [0.3, 0.4) is 0 Å². The van der Waals surface area contributed by atoms with Crippen LogP contribution in [0.5, 0.6) is 0 Å². The number of carbonyl (C=O) groups excluding carboxylic acids is 1. The molecule has 2 fully saturated rings. The number of rotatable bonds is 2. The molecular formula is C14H27N3O. The van der Waals surface area contributed by atoms with Crippen molar-refractivity contribution in [3.63, 3.8) is 0 Å². The van der Waals surface area contributed by atoms with E-state index in [-0.39, 0.29) is 12.0 Å². The average Bonchev–Trinajstić information content (AvgIpc) is 2.81. The molecule has 1 aliphatic heterocycles. The molecule has 4 nitrogen and oxygen atoms in total. The van der Waals surface area contributed by atoms with Gasteiger partial charge in [0.2, 0.25) is 5.91 Å². The van der Waals surface area contributed by atoms with E-state index in [0.717, 1.165) is 38.8 Å². The summed E-state index contributed by atoms with van der Waals surface area (Å²) >= 11 is 0.